The molecular weight excluding hydrogens is 280 g/mol. The van der Waals surface area contributed by atoms with E-state index in [2.05, 4.69) is 23.6 Å². The lowest BCUT2D eigenvalue weighted by atomic mass is 9.95. The summed E-state index contributed by atoms with van der Waals surface area (Å²) in [6, 6.07) is 5.98. The van der Waals surface area contributed by atoms with E-state index in [4.69, 9.17) is 4.74 Å². The van der Waals surface area contributed by atoms with E-state index >= 15 is 0 Å². The topological polar surface area (TPSA) is 73.8 Å². The normalized spacial score (nSPS) is 18.7. The summed E-state index contributed by atoms with van der Waals surface area (Å²) in [5, 5.41) is 25.7. The third-order valence-corrected chi connectivity index (χ3v) is 4.00. The first-order valence-corrected chi connectivity index (χ1v) is 7.92. The Bertz CT molecular complexity index is 491. The summed E-state index contributed by atoms with van der Waals surface area (Å²) in [7, 11) is 0. The van der Waals surface area contributed by atoms with Crippen LogP contribution >= 0.6 is 0 Å². The average molecular weight is 308 g/mol. The maximum Gasteiger partial charge on any atom is 0.125 e. The Morgan fingerprint density at radius 1 is 1.45 bits per heavy atom. The number of anilines is 1. The maximum absolute atomic E-state index is 10.0. The highest BCUT2D eigenvalue weighted by Crippen LogP contribution is 2.38. The van der Waals surface area contributed by atoms with E-state index in [1.165, 1.54) is 5.56 Å². The molecule has 0 amide bonds. The van der Waals surface area contributed by atoms with Crippen LogP contribution in [0.2, 0.25) is 0 Å². The molecule has 4 N–H and O–H groups in total. The highest BCUT2D eigenvalue weighted by Gasteiger charge is 2.22. The number of fused-ring (bicyclic) bond motifs is 1. The molecule has 0 aliphatic carbocycles. The molecule has 1 heterocycles. The summed E-state index contributed by atoms with van der Waals surface area (Å²) >= 11 is 0. The molecule has 0 bridgehead atoms. The van der Waals surface area contributed by atoms with E-state index in [1.54, 1.807) is 0 Å². The van der Waals surface area contributed by atoms with Crippen molar-refractivity contribution in [3.8, 4) is 5.75 Å². The van der Waals surface area contributed by atoms with Gasteiger partial charge in [-0.2, -0.15) is 0 Å². The molecule has 1 aromatic rings. The van der Waals surface area contributed by atoms with Crippen LogP contribution in [0.1, 0.15) is 32.3 Å². The van der Waals surface area contributed by atoms with E-state index in [0.29, 0.717) is 19.0 Å². The van der Waals surface area contributed by atoms with Crippen LogP contribution < -0.4 is 15.4 Å². The first-order valence-electron chi connectivity index (χ1n) is 7.92. The van der Waals surface area contributed by atoms with Gasteiger partial charge < -0.3 is 25.6 Å². The first kappa shape index (κ1) is 17.1. The van der Waals surface area contributed by atoms with Crippen LogP contribution in [-0.4, -0.2) is 49.2 Å². The van der Waals surface area contributed by atoms with Gasteiger partial charge in [-0.25, -0.2) is 0 Å². The minimum Gasteiger partial charge on any atom is -0.490 e. The zero-order valence-corrected chi connectivity index (χ0v) is 13.7. The fourth-order valence-corrected chi connectivity index (χ4v) is 2.58. The van der Waals surface area contributed by atoms with Crippen LogP contribution in [0.3, 0.4) is 0 Å². The van der Waals surface area contributed by atoms with Crippen LogP contribution in [0.25, 0.3) is 0 Å². The molecule has 0 aromatic heterocycles. The number of hydrogen-bond donors (Lipinski definition) is 4. The molecule has 22 heavy (non-hydrogen) atoms. The van der Waals surface area contributed by atoms with Crippen LogP contribution in [-0.2, 0) is 0 Å². The van der Waals surface area contributed by atoms with Crippen molar-refractivity contribution in [2.75, 3.05) is 38.2 Å². The van der Waals surface area contributed by atoms with Crippen molar-refractivity contribution < 1.29 is 14.9 Å². The second kappa shape index (κ2) is 7.31. The van der Waals surface area contributed by atoms with Crippen molar-refractivity contribution in [2.45, 2.75) is 32.8 Å². The number of aliphatic hydroxyl groups is 2. The number of hydrogen-bond acceptors (Lipinski definition) is 5. The van der Waals surface area contributed by atoms with Gasteiger partial charge in [-0.1, -0.05) is 26.8 Å². The smallest absolute Gasteiger partial charge is 0.125 e. The van der Waals surface area contributed by atoms with Crippen LogP contribution in [0.15, 0.2) is 18.2 Å². The Morgan fingerprint density at radius 3 is 2.95 bits per heavy atom. The molecule has 1 aromatic carbocycles. The lowest BCUT2D eigenvalue weighted by Crippen LogP contribution is -2.38. The van der Waals surface area contributed by atoms with Crippen LogP contribution in [0, 0.1) is 5.41 Å². The molecule has 2 rings (SSSR count). The van der Waals surface area contributed by atoms with Gasteiger partial charge in [0.2, 0.25) is 0 Å². The van der Waals surface area contributed by atoms with Crippen molar-refractivity contribution >= 4 is 5.69 Å². The van der Waals surface area contributed by atoms with Gasteiger partial charge in [0.1, 0.15) is 18.5 Å². The standard InChI is InChI=1S/C17H28N2O3/c1-12-7-19-14-5-4-6-15(16(12)14)22-9-13(21)8-18-10-17(2,3)11-20/h4-6,12-13,18-21H,7-11H2,1-3H3. The molecule has 0 spiro atoms. The fourth-order valence-electron chi connectivity index (χ4n) is 2.58. The summed E-state index contributed by atoms with van der Waals surface area (Å²) in [6.45, 7) is 8.53. The molecule has 124 valence electrons. The van der Waals surface area contributed by atoms with Crippen molar-refractivity contribution in [1.82, 2.24) is 5.32 Å². The summed E-state index contributed by atoms with van der Waals surface area (Å²) < 4.78 is 5.81. The lowest BCUT2D eigenvalue weighted by molar-refractivity contribution is 0.0975. The van der Waals surface area contributed by atoms with Crippen LogP contribution in [0.5, 0.6) is 5.75 Å². The predicted molar refractivity (Wildman–Crippen MR) is 88.6 cm³/mol. The molecule has 2 unspecified atom stereocenters. The van der Waals surface area contributed by atoms with Crippen molar-refractivity contribution in [3.05, 3.63) is 23.8 Å². The highest BCUT2D eigenvalue weighted by molar-refractivity contribution is 5.63. The van der Waals surface area contributed by atoms with Gasteiger partial charge in [0.05, 0.1) is 0 Å². The van der Waals surface area contributed by atoms with Gasteiger partial charge >= 0.3 is 0 Å². The van der Waals surface area contributed by atoms with Gasteiger partial charge in [0, 0.05) is 48.8 Å². The molecule has 0 saturated heterocycles. The van der Waals surface area contributed by atoms with E-state index in [1.807, 2.05) is 26.0 Å². The Labute approximate surface area is 132 Å². The van der Waals surface area contributed by atoms with Gasteiger partial charge in [-0.15, -0.1) is 0 Å². The van der Waals surface area contributed by atoms with E-state index in [9.17, 15) is 10.2 Å². The van der Waals surface area contributed by atoms with Crippen molar-refractivity contribution in [1.29, 1.82) is 0 Å². The molecule has 5 heteroatoms. The molecule has 0 saturated carbocycles. The zero-order valence-electron chi connectivity index (χ0n) is 13.7. The maximum atomic E-state index is 10.0. The molecule has 1 aliphatic rings. The number of nitrogens with one attached hydrogen (secondary N) is 2. The van der Waals surface area contributed by atoms with Crippen molar-refractivity contribution in [2.24, 2.45) is 5.41 Å². The number of aliphatic hydroxyl groups excluding tert-OH is 2. The Kier molecular flexibility index (Phi) is 5.67. The number of ether oxygens (including phenoxy) is 1. The van der Waals surface area contributed by atoms with Crippen LogP contribution in [0.4, 0.5) is 5.69 Å². The predicted octanol–water partition coefficient (Wildman–Crippen LogP) is 1.56. The quantitative estimate of drug-likeness (QED) is 0.586. The third kappa shape index (κ3) is 4.35. The van der Waals surface area contributed by atoms with Gasteiger partial charge in [0.15, 0.2) is 0 Å². The molecular formula is C17H28N2O3. The fraction of sp³-hybridized carbons (Fsp3) is 0.647. The SMILES string of the molecule is CC1CNc2cccc(OCC(O)CNCC(C)(C)CO)c21. The average Bonchev–Trinajstić information content (AvgIpc) is 2.87. The van der Waals surface area contributed by atoms with E-state index in [0.717, 1.165) is 18.0 Å². The Hall–Kier alpha value is -1.30. The van der Waals surface area contributed by atoms with Gasteiger partial charge in [-0.3, -0.25) is 0 Å². The second-order valence-electron chi connectivity index (χ2n) is 6.92. The molecule has 1 aliphatic heterocycles. The van der Waals surface area contributed by atoms with E-state index in [-0.39, 0.29) is 18.6 Å². The molecule has 5 nitrogen and oxygen atoms in total. The Balaban J connectivity index is 1.80. The van der Waals surface area contributed by atoms with E-state index < -0.39 is 6.10 Å². The summed E-state index contributed by atoms with van der Waals surface area (Å²) in [5.41, 5.74) is 2.15. The molecule has 2 atom stereocenters. The molecule has 0 fully saturated rings. The first-order chi connectivity index (χ1) is 10.4. The summed E-state index contributed by atoms with van der Waals surface area (Å²) in [4.78, 5) is 0. The Morgan fingerprint density at radius 2 is 2.23 bits per heavy atom. The number of rotatable bonds is 8. The monoisotopic (exact) mass is 308 g/mol. The molecule has 0 radical (unpaired) electrons. The lowest BCUT2D eigenvalue weighted by Gasteiger charge is -2.23. The minimum absolute atomic E-state index is 0.119. The summed E-state index contributed by atoms with van der Waals surface area (Å²) in [5.74, 6) is 1.27. The summed E-state index contributed by atoms with van der Waals surface area (Å²) in [6.07, 6.45) is -0.574. The number of benzene rings is 1. The second-order valence-corrected chi connectivity index (χ2v) is 6.92. The minimum atomic E-state index is -0.574. The van der Waals surface area contributed by atoms with Crippen molar-refractivity contribution in [3.63, 3.8) is 0 Å². The van der Waals surface area contributed by atoms with Gasteiger partial charge in [-0.05, 0) is 12.1 Å². The zero-order chi connectivity index (χ0) is 16.2. The van der Waals surface area contributed by atoms with Gasteiger partial charge in [0.25, 0.3) is 0 Å². The third-order valence-electron chi connectivity index (χ3n) is 4.00. The highest BCUT2D eigenvalue weighted by atomic mass is 16.5. The largest absolute Gasteiger partial charge is 0.490 e.